The summed E-state index contributed by atoms with van der Waals surface area (Å²) in [6, 6.07) is 2.64. The van der Waals surface area contributed by atoms with E-state index < -0.39 is 10.0 Å². The van der Waals surface area contributed by atoms with Crippen molar-refractivity contribution in [3.63, 3.8) is 0 Å². The normalized spacial score (nSPS) is 11.5. The van der Waals surface area contributed by atoms with E-state index in [4.69, 9.17) is 28.9 Å². The van der Waals surface area contributed by atoms with Crippen molar-refractivity contribution in [1.29, 1.82) is 0 Å². The van der Waals surface area contributed by atoms with Crippen LogP contribution in [0.5, 0.6) is 0 Å². The summed E-state index contributed by atoms with van der Waals surface area (Å²) in [4.78, 5) is -0.183. The first-order valence-corrected chi connectivity index (χ1v) is 7.34. The Balaban J connectivity index is 3.20. The third-order valence-corrected chi connectivity index (χ3v) is 4.19. The number of sulfonamides is 1. The maximum absolute atomic E-state index is 11.9. The molecule has 0 saturated carbocycles. The van der Waals surface area contributed by atoms with Crippen LogP contribution in [-0.2, 0) is 10.0 Å². The molecule has 1 rings (SSSR count). The Morgan fingerprint density at radius 3 is 2.53 bits per heavy atom. The molecule has 0 aliphatic rings. The van der Waals surface area contributed by atoms with Crippen LogP contribution in [0.15, 0.2) is 28.1 Å². The lowest BCUT2D eigenvalue weighted by atomic mass is 10.3. The molecule has 1 aromatic rings. The minimum absolute atomic E-state index is 0.00446. The largest absolute Gasteiger partial charge is 0.398 e. The molecule has 3 N–H and O–H groups in total. The van der Waals surface area contributed by atoms with Gasteiger partial charge in [0.25, 0.3) is 0 Å². The van der Waals surface area contributed by atoms with Gasteiger partial charge in [-0.15, -0.1) is 0 Å². The van der Waals surface area contributed by atoms with E-state index in [9.17, 15) is 8.42 Å². The fourth-order valence-electron chi connectivity index (χ4n) is 1.11. The number of nitrogens with two attached hydrogens (primary N) is 1. The van der Waals surface area contributed by atoms with Crippen LogP contribution in [0.2, 0.25) is 10.0 Å². The molecule has 8 heteroatoms. The number of halogens is 3. The van der Waals surface area contributed by atoms with Gasteiger partial charge < -0.3 is 5.73 Å². The standard InChI is InChI=1S/C9H9BrCl2N2O2S/c1-5(10)4-14-17(15,16)9-7(12)2-6(11)3-8(9)13/h2-3,14H,1,4,13H2. The molecule has 0 spiro atoms. The van der Waals surface area contributed by atoms with Crippen molar-refractivity contribution in [2.75, 3.05) is 12.3 Å². The highest BCUT2D eigenvalue weighted by Crippen LogP contribution is 2.30. The first kappa shape index (κ1) is 14.8. The molecule has 0 bridgehead atoms. The van der Waals surface area contributed by atoms with Crippen molar-refractivity contribution in [3.8, 4) is 0 Å². The van der Waals surface area contributed by atoms with Gasteiger partial charge in [-0.1, -0.05) is 45.7 Å². The second-order valence-electron chi connectivity index (χ2n) is 3.15. The molecule has 1 aromatic carbocycles. The molecule has 0 radical (unpaired) electrons. The molecule has 94 valence electrons. The van der Waals surface area contributed by atoms with Crippen molar-refractivity contribution in [3.05, 3.63) is 33.2 Å². The topological polar surface area (TPSA) is 72.2 Å². The Hall–Kier alpha value is -0.270. The molecule has 0 amide bonds. The summed E-state index contributed by atoms with van der Waals surface area (Å²) in [6.07, 6.45) is 0. The van der Waals surface area contributed by atoms with E-state index in [0.29, 0.717) is 4.48 Å². The summed E-state index contributed by atoms with van der Waals surface area (Å²) in [5, 5.41) is 0.249. The molecule has 0 aliphatic carbocycles. The van der Waals surface area contributed by atoms with Gasteiger partial charge in [0.1, 0.15) is 4.90 Å². The molecule has 0 heterocycles. The van der Waals surface area contributed by atoms with E-state index in [1.54, 1.807) is 0 Å². The second kappa shape index (κ2) is 5.58. The van der Waals surface area contributed by atoms with Crippen LogP contribution in [0.25, 0.3) is 0 Å². The lowest BCUT2D eigenvalue weighted by Gasteiger charge is -2.10. The second-order valence-corrected chi connectivity index (χ2v) is 6.82. The van der Waals surface area contributed by atoms with Crippen molar-refractivity contribution in [1.82, 2.24) is 4.72 Å². The SMILES string of the molecule is C=C(Br)CNS(=O)(=O)c1c(N)cc(Cl)cc1Cl. The average molecular weight is 360 g/mol. The van der Waals surface area contributed by atoms with Crippen molar-refractivity contribution < 1.29 is 8.42 Å². The van der Waals surface area contributed by atoms with Crippen LogP contribution in [0.4, 0.5) is 5.69 Å². The van der Waals surface area contributed by atoms with Gasteiger partial charge in [-0.3, -0.25) is 0 Å². The number of benzene rings is 1. The number of nitrogens with one attached hydrogen (secondary N) is 1. The van der Waals surface area contributed by atoms with Crippen LogP contribution in [-0.4, -0.2) is 15.0 Å². The highest BCUT2D eigenvalue weighted by atomic mass is 79.9. The summed E-state index contributed by atoms with van der Waals surface area (Å²) in [5.74, 6) is 0. The Morgan fingerprint density at radius 1 is 1.47 bits per heavy atom. The summed E-state index contributed by atoms with van der Waals surface area (Å²) in [7, 11) is -3.79. The smallest absolute Gasteiger partial charge is 0.244 e. The van der Waals surface area contributed by atoms with Crippen LogP contribution in [0.1, 0.15) is 0 Å². The predicted octanol–water partition coefficient (Wildman–Crippen LogP) is 2.76. The molecule has 0 fully saturated rings. The van der Waals surface area contributed by atoms with Gasteiger partial charge in [0.15, 0.2) is 0 Å². The van der Waals surface area contributed by atoms with Gasteiger partial charge in [0, 0.05) is 16.0 Å². The van der Waals surface area contributed by atoms with Gasteiger partial charge in [-0.05, 0) is 12.1 Å². The Kier molecular flexibility index (Phi) is 4.86. The van der Waals surface area contributed by atoms with E-state index in [1.165, 1.54) is 12.1 Å². The monoisotopic (exact) mass is 358 g/mol. The van der Waals surface area contributed by atoms with Crippen molar-refractivity contribution in [2.45, 2.75) is 4.90 Å². The first-order chi connectivity index (χ1) is 7.74. The van der Waals surface area contributed by atoms with Gasteiger partial charge in [-0.25, -0.2) is 13.1 Å². The number of hydrogen-bond acceptors (Lipinski definition) is 3. The molecule has 0 saturated heterocycles. The zero-order chi connectivity index (χ0) is 13.2. The number of rotatable bonds is 4. The average Bonchev–Trinajstić information content (AvgIpc) is 2.12. The third kappa shape index (κ3) is 3.86. The van der Waals surface area contributed by atoms with Gasteiger partial charge in [-0.2, -0.15) is 0 Å². The molecular weight excluding hydrogens is 351 g/mol. The predicted molar refractivity (Wildman–Crippen MR) is 74.1 cm³/mol. The fourth-order valence-corrected chi connectivity index (χ4v) is 3.44. The third-order valence-electron chi connectivity index (χ3n) is 1.76. The number of hydrogen-bond donors (Lipinski definition) is 2. The first-order valence-electron chi connectivity index (χ1n) is 4.31. The minimum Gasteiger partial charge on any atom is -0.398 e. The Labute approximate surface area is 118 Å². The van der Waals surface area contributed by atoms with Gasteiger partial charge in [0.2, 0.25) is 10.0 Å². The van der Waals surface area contributed by atoms with Gasteiger partial charge in [0.05, 0.1) is 10.7 Å². The molecule has 0 atom stereocenters. The Bertz CT molecular complexity index is 537. The molecule has 0 unspecified atom stereocenters. The maximum atomic E-state index is 11.9. The van der Waals surface area contributed by atoms with E-state index >= 15 is 0 Å². The van der Waals surface area contributed by atoms with Crippen molar-refractivity contribution >= 4 is 54.8 Å². The van der Waals surface area contributed by atoms with Crippen LogP contribution < -0.4 is 10.5 Å². The molecule has 17 heavy (non-hydrogen) atoms. The lowest BCUT2D eigenvalue weighted by molar-refractivity contribution is 0.586. The zero-order valence-electron chi connectivity index (χ0n) is 8.50. The molecular formula is C9H9BrCl2N2O2S. The summed E-state index contributed by atoms with van der Waals surface area (Å²) >= 11 is 14.6. The van der Waals surface area contributed by atoms with Gasteiger partial charge >= 0.3 is 0 Å². The van der Waals surface area contributed by atoms with Crippen LogP contribution in [0, 0.1) is 0 Å². The van der Waals surface area contributed by atoms with Crippen molar-refractivity contribution in [2.24, 2.45) is 0 Å². The summed E-state index contributed by atoms with van der Waals surface area (Å²) in [5.41, 5.74) is 5.59. The molecule has 0 aromatic heterocycles. The molecule has 4 nitrogen and oxygen atoms in total. The lowest BCUT2D eigenvalue weighted by Crippen LogP contribution is -2.26. The highest BCUT2D eigenvalue weighted by molar-refractivity contribution is 9.11. The van der Waals surface area contributed by atoms with Crippen LogP contribution in [0.3, 0.4) is 0 Å². The van der Waals surface area contributed by atoms with E-state index in [-0.39, 0.29) is 27.2 Å². The highest BCUT2D eigenvalue weighted by Gasteiger charge is 2.21. The minimum atomic E-state index is -3.79. The number of anilines is 1. The fraction of sp³-hybridized carbons (Fsp3) is 0.111. The number of nitrogen functional groups attached to an aromatic ring is 1. The summed E-state index contributed by atoms with van der Waals surface area (Å²) in [6.45, 7) is 3.56. The molecule has 0 aliphatic heterocycles. The van der Waals surface area contributed by atoms with Crippen LogP contribution >= 0.6 is 39.1 Å². The van der Waals surface area contributed by atoms with E-state index in [1.807, 2.05) is 0 Å². The maximum Gasteiger partial charge on any atom is 0.244 e. The zero-order valence-corrected chi connectivity index (χ0v) is 12.4. The van der Waals surface area contributed by atoms with E-state index in [2.05, 4.69) is 27.2 Å². The summed E-state index contributed by atoms with van der Waals surface area (Å²) < 4.78 is 26.6. The Morgan fingerprint density at radius 2 is 2.06 bits per heavy atom. The quantitative estimate of drug-likeness (QED) is 0.812. The van der Waals surface area contributed by atoms with E-state index in [0.717, 1.165) is 0 Å².